The molecule has 1 atom stereocenters. The molecule has 4 rings (SSSR count). The summed E-state index contributed by atoms with van der Waals surface area (Å²) in [5, 5.41) is 0. The Morgan fingerprint density at radius 3 is 2.89 bits per heavy atom. The maximum Gasteiger partial charge on any atom is 0.248 e. The Kier molecular flexibility index (Phi) is 4.82. The topological polar surface area (TPSA) is 89.9 Å². The van der Waals surface area contributed by atoms with Crippen molar-refractivity contribution in [3.05, 3.63) is 72.2 Å². The number of primary amides is 1. The highest BCUT2D eigenvalue weighted by Crippen LogP contribution is 2.29. The summed E-state index contributed by atoms with van der Waals surface area (Å²) in [6, 6.07) is 9.36. The van der Waals surface area contributed by atoms with Gasteiger partial charge in [0.25, 0.3) is 0 Å². The number of pyridine rings is 2. The van der Waals surface area contributed by atoms with Crippen LogP contribution >= 0.6 is 0 Å². The Bertz CT molecular complexity index is 923. The van der Waals surface area contributed by atoms with Gasteiger partial charge in [-0.25, -0.2) is 9.97 Å². The molecule has 0 aliphatic carbocycles. The summed E-state index contributed by atoms with van der Waals surface area (Å²) in [4.78, 5) is 27.1. The zero-order valence-corrected chi connectivity index (χ0v) is 15.0. The summed E-state index contributed by atoms with van der Waals surface area (Å²) in [7, 11) is 0. The third-order valence-corrected chi connectivity index (χ3v) is 4.95. The van der Waals surface area contributed by atoms with Gasteiger partial charge in [-0.2, -0.15) is 0 Å². The van der Waals surface area contributed by atoms with Crippen LogP contribution in [-0.2, 0) is 6.54 Å². The molecule has 1 aliphatic heterocycles. The van der Waals surface area contributed by atoms with Crippen LogP contribution in [0.5, 0.6) is 0 Å². The van der Waals surface area contributed by atoms with E-state index in [2.05, 4.69) is 24.4 Å². The van der Waals surface area contributed by atoms with Crippen LogP contribution in [0.4, 0.5) is 5.82 Å². The maximum atomic E-state index is 11.5. The molecule has 2 N–H and O–H groups in total. The fourth-order valence-electron chi connectivity index (χ4n) is 3.62. The van der Waals surface area contributed by atoms with Crippen molar-refractivity contribution in [1.82, 2.24) is 19.5 Å². The monoisotopic (exact) mass is 362 g/mol. The van der Waals surface area contributed by atoms with E-state index in [0.717, 1.165) is 43.3 Å². The maximum absolute atomic E-state index is 11.5. The van der Waals surface area contributed by atoms with E-state index < -0.39 is 5.91 Å². The van der Waals surface area contributed by atoms with Gasteiger partial charge < -0.3 is 15.2 Å². The lowest BCUT2D eigenvalue weighted by atomic mass is 9.97. The van der Waals surface area contributed by atoms with Crippen molar-refractivity contribution in [2.24, 2.45) is 5.73 Å². The number of aromatic nitrogens is 4. The van der Waals surface area contributed by atoms with Crippen molar-refractivity contribution in [1.29, 1.82) is 0 Å². The number of anilines is 1. The molecule has 138 valence electrons. The average Bonchev–Trinajstić information content (AvgIpc) is 3.17. The zero-order valence-electron chi connectivity index (χ0n) is 15.0. The highest BCUT2D eigenvalue weighted by molar-refractivity contribution is 5.93. The van der Waals surface area contributed by atoms with Gasteiger partial charge >= 0.3 is 0 Å². The molecule has 27 heavy (non-hydrogen) atoms. The quantitative estimate of drug-likeness (QED) is 0.751. The fourth-order valence-corrected chi connectivity index (χ4v) is 3.62. The lowest BCUT2D eigenvalue weighted by Crippen LogP contribution is -2.36. The number of carbonyl (C=O) groups excluding carboxylic acids is 1. The van der Waals surface area contributed by atoms with E-state index in [1.807, 2.05) is 36.8 Å². The molecule has 0 spiro atoms. The first kappa shape index (κ1) is 17.2. The standard InChI is InChI=1S/C20H22N6O/c21-19(27)15-6-8-23-18(12-15)25-10-3-4-16(13-25)20-24-9-11-26(20)14-17-5-1-2-7-22-17/h1-2,5-9,11-12,16H,3-4,10,13-14H2,(H2,21,27)/t16-/m0/s1. The SMILES string of the molecule is NC(=O)c1ccnc(N2CCC[C@H](c3nccn3Cc3ccccn3)C2)c1. The number of carbonyl (C=O) groups is 1. The van der Waals surface area contributed by atoms with Gasteiger partial charge in [-0.1, -0.05) is 6.07 Å². The van der Waals surface area contributed by atoms with E-state index in [4.69, 9.17) is 5.73 Å². The molecular weight excluding hydrogens is 340 g/mol. The molecule has 4 heterocycles. The Balaban J connectivity index is 1.53. The van der Waals surface area contributed by atoms with Gasteiger partial charge in [0, 0.05) is 49.4 Å². The Morgan fingerprint density at radius 1 is 1.15 bits per heavy atom. The van der Waals surface area contributed by atoms with E-state index >= 15 is 0 Å². The van der Waals surface area contributed by atoms with Gasteiger partial charge in [0.05, 0.1) is 12.2 Å². The molecule has 3 aromatic rings. The minimum atomic E-state index is -0.432. The van der Waals surface area contributed by atoms with Crippen LogP contribution in [0.1, 0.15) is 40.6 Å². The average molecular weight is 362 g/mol. The number of hydrogen-bond acceptors (Lipinski definition) is 5. The first-order valence-electron chi connectivity index (χ1n) is 9.12. The van der Waals surface area contributed by atoms with Gasteiger partial charge in [-0.3, -0.25) is 9.78 Å². The van der Waals surface area contributed by atoms with Crippen molar-refractivity contribution in [3.8, 4) is 0 Å². The largest absolute Gasteiger partial charge is 0.366 e. The Labute approximate surface area is 157 Å². The first-order valence-corrected chi connectivity index (χ1v) is 9.12. The van der Waals surface area contributed by atoms with Crippen LogP contribution < -0.4 is 10.6 Å². The summed E-state index contributed by atoms with van der Waals surface area (Å²) in [5.41, 5.74) is 6.90. The smallest absolute Gasteiger partial charge is 0.248 e. The highest BCUT2D eigenvalue weighted by Gasteiger charge is 2.26. The van der Waals surface area contributed by atoms with Crippen LogP contribution in [0.25, 0.3) is 0 Å². The number of hydrogen-bond donors (Lipinski definition) is 1. The number of rotatable bonds is 5. The van der Waals surface area contributed by atoms with E-state index in [-0.39, 0.29) is 0 Å². The van der Waals surface area contributed by atoms with Crippen LogP contribution in [-0.4, -0.2) is 38.5 Å². The third kappa shape index (κ3) is 3.81. The lowest BCUT2D eigenvalue weighted by Gasteiger charge is -2.33. The fraction of sp³-hybridized carbons (Fsp3) is 0.300. The minimum Gasteiger partial charge on any atom is -0.366 e. The molecule has 0 unspecified atom stereocenters. The molecule has 3 aromatic heterocycles. The highest BCUT2D eigenvalue weighted by atomic mass is 16.1. The predicted octanol–water partition coefficient (Wildman–Crippen LogP) is 2.20. The van der Waals surface area contributed by atoms with Crippen molar-refractivity contribution in [2.45, 2.75) is 25.3 Å². The van der Waals surface area contributed by atoms with Crippen molar-refractivity contribution < 1.29 is 4.79 Å². The number of imidazole rings is 1. The van der Waals surface area contributed by atoms with Crippen LogP contribution in [0.3, 0.4) is 0 Å². The molecular formula is C20H22N6O. The first-order chi connectivity index (χ1) is 13.2. The van der Waals surface area contributed by atoms with Crippen molar-refractivity contribution in [3.63, 3.8) is 0 Å². The molecule has 7 heteroatoms. The predicted molar refractivity (Wildman–Crippen MR) is 103 cm³/mol. The molecule has 1 fully saturated rings. The van der Waals surface area contributed by atoms with E-state index in [1.54, 1.807) is 18.3 Å². The van der Waals surface area contributed by atoms with E-state index in [0.29, 0.717) is 18.0 Å². The summed E-state index contributed by atoms with van der Waals surface area (Å²) in [5.74, 6) is 1.73. The number of nitrogens with two attached hydrogens (primary N) is 1. The molecule has 1 aliphatic rings. The van der Waals surface area contributed by atoms with Gasteiger partial charge in [-0.05, 0) is 37.1 Å². The second-order valence-corrected chi connectivity index (χ2v) is 6.79. The molecule has 0 bridgehead atoms. The zero-order chi connectivity index (χ0) is 18.6. The third-order valence-electron chi connectivity index (χ3n) is 4.95. The van der Waals surface area contributed by atoms with Gasteiger partial charge in [-0.15, -0.1) is 0 Å². The second kappa shape index (κ2) is 7.57. The number of nitrogens with zero attached hydrogens (tertiary/aromatic N) is 5. The Hall–Kier alpha value is -3.22. The van der Waals surface area contributed by atoms with E-state index in [1.165, 1.54) is 0 Å². The molecule has 0 saturated carbocycles. The van der Waals surface area contributed by atoms with E-state index in [9.17, 15) is 4.79 Å². The minimum absolute atomic E-state index is 0.302. The van der Waals surface area contributed by atoms with Crippen LogP contribution in [0.15, 0.2) is 55.1 Å². The van der Waals surface area contributed by atoms with Crippen molar-refractivity contribution >= 4 is 11.7 Å². The summed E-state index contributed by atoms with van der Waals surface area (Å²) in [6.45, 7) is 2.43. The summed E-state index contributed by atoms with van der Waals surface area (Å²) in [6.07, 6.45) is 9.43. The summed E-state index contributed by atoms with van der Waals surface area (Å²) >= 11 is 0. The molecule has 1 amide bonds. The van der Waals surface area contributed by atoms with Gasteiger partial charge in [0.1, 0.15) is 11.6 Å². The molecule has 0 radical (unpaired) electrons. The molecule has 7 nitrogen and oxygen atoms in total. The van der Waals surface area contributed by atoms with Crippen LogP contribution in [0.2, 0.25) is 0 Å². The number of piperidine rings is 1. The molecule has 0 aromatic carbocycles. The summed E-state index contributed by atoms with van der Waals surface area (Å²) < 4.78 is 2.17. The van der Waals surface area contributed by atoms with Crippen molar-refractivity contribution in [2.75, 3.05) is 18.0 Å². The normalized spacial score (nSPS) is 17.0. The van der Waals surface area contributed by atoms with Gasteiger partial charge in [0.2, 0.25) is 5.91 Å². The van der Waals surface area contributed by atoms with Gasteiger partial charge in [0.15, 0.2) is 0 Å². The number of amides is 1. The second-order valence-electron chi connectivity index (χ2n) is 6.79. The van der Waals surface area contributed by atoms with Crippen LogP contribution in [0, 0.1) is 0 Å². The lowest BCUT2D eigenvalue weighted by molar-refractivity contribution is 0.1000. The Morgan fingerprint density at radius 2 is 2.07 bits per heavy atom. The molecule has 1 saturated heterocycles.